The van der Waals surface area contributed by atoms with E-state index in [0.29, 0.717) is 13.2 Å². The summed E-state index contributed by atoms with van der Waals surface area (Å²) >= 11 is 4.66. The Hall–Kier alpha value is -0.500. The Kier molecular flexibility index (Phi) is 6.60. The molecule has 0 aliphatic rings. The average molecular weight is 508 g/mol. The van der Waals surface area contributed by atoms with Gasteiger partial charge in [0.05, 0.1) is 20.4 Å². The highest BCUT2D eigenvalue weighted by Gasteiger charge is 2.06. The first-order chi connectivity index (χ1) is 10.1. The van der Waals surface area contributed by atoms with Gasteiger partial charge >= 0.3 is 0 Å². The molecule has 0 bridgehead atoms. The minimum Gasteiger partial charge on any atom is -0.493 e. The van der Waals surface area contributed by atoms with E-state index in [9.17, 15) is 0 Å². The van der Waals surface area contributed by atoms with Gasteiger partial charge in [-0.3, -0.25) is 0 Å². The molecule has 0 amide bonds. The summed E-state index contributed by atoms with van der Waals surface area (Å²) in [5.74, 6) is 1.92. The Bertz CT molecular complexity index is 558. The third-order valence-electron chi connectivity index (χ3n) is 3.00. The SMILES string of the molecule is CCOc1ccc(Cc2ccc(OCC)c(I)c2)cc1I. The molecule has 0 saturated carbocycles. The van der Waals surface area contributed by atoms with Crippen molar-refractivity contribution in [3.63, 3.8) is 0 Å². The van der Waals surface area contributed by atoms with E-state index < -0.39 is 0 Å². The number of benzene rings is 2. The molecule has 2 aromatic carbocycles. The van der Waals surface area contributed by atoms with Gasteiger partial charge in [0.15, 0.2) is 0 Å². The van der Waals surface area contributed by atoms with Gasteiger partial charge in [-0.1, -0.05) is 12.1 Å². The van der Waals surface area contributed by atoms with Crippen LogP contribution < -0.4 is 9.47 Å². The van der Waals surface area contributed by atoms with Gasteiger partial charge in [0.1, 0.15) is 11.5 Å². The van der Waals surface area contributed by atoms with Crippen LogP contribution in [0.15, 0.2) is 36.4 Å². The van der Waals surface area contributed by atoms with Gasteiger partial charge in [-0.25, -0.2) is 0 Å². The molecule has 0 spiro atoms. The number of ether oxygens (including phenoxy) is 2. The van der Waals surface area contributed by atoms with Crippen molar-refractivity contribution >= 4 is 45.2 Å². The average Bonchev–Trinajstić information content (AvgIpc) is 2.45. The maximum atomic E-state index is 5.58. The van der Waals surface area contributed by atoms with E-state index in [-0.39, 0.29) is 0 Å². The van der Waals surface area contributed by atoms with Crippen molar-refractivity contribution in [2.24, 2.45) is 0 Å². The second-order valence-electron chi connectivity index (χ2n) is 4.57. The zero-order valence-electron chi connectivity index (χ0n) is 12.2. The molecule has 2 rings (SSSR count). The van der Waals surface area contributed by atoms with Crippen LogP contribution in [0.25, 0.3) is 0 Å². The van der Waals surface area contributed by atoms with Gasteiger partial charge in [-0.15, -0.1) is 0 Å². The molecule has 0 aliphatic heterocycles. The van der Waals surface area contributed by atoms with E-state index in [0.717, 1.165) is 25.1 Å². The van der Waals surface area contributed by atoms with Crippen LogP contribution in [0.5, 0.6) is 11.5 Å². The van der Waals surface area contributed by atoms with Crippen LogP contribution in [0.4, 0.5) is 0 Å². The van der Waals surface area contributed by atoms with Crippen molar-refractivity contribution in [1.29, 1.82) is 0 Å². The fourth-order valence-electron chi connectivity index (χ4n) is 2.09. The van der Waals surface area contributed by atoms with E-state index in [1.807, 2.05) is 13.8 Å². The molecule has 0 aliphatic carbocycles. The fraction of sp³-hybridized carbons (Fsp3) is 0.294. The molecule has 0 atom stereocenters. The highest BCUT2D eigenvalue weighted by Crippen LogP contribution is 2.26. The van der Waals surface area contributed by atoms with E-state index >= 15 is 0 Å². The summed E-state index contributed by atoms with van der Waals surface area (Å²) in [6.07, 6.45) is 0.921. The lowest BCUT2D eigenvalue weighted by Gasteiger charge is -2.10. The van der Waals surface area contributed by atoms with Crippen molar-refractivity contribution in [3.05, 3.63) is 54.7 Å². The van der Waals surface area contributed by atoms with Gasteiger partial charge in [-0.2, -0.15) is 0 Å². The van der Waals surface area contributed by atoms with Crippen LogP contribution in [0, 0.1) is 7.14 Å². The van der Waals surface area contributed by atoms with Crippen molar-refractivity contribution in [2.75, 3.05) is 13.2 Å². The number of hydrogen-bond acceptors (Lipinski definition) is 2. The summed E-state index contributed by atoms with van der Waals surface area (Å²) in [6.45, 7) is 5.41. The molecular formula is C17H18I2O2. The van der Waals surface area contributed by atoms with E-state index in [1.165, 1.54) is 11.1 Å². The van der Waals surface area contributed by atoms with Crippen molar-refractivity contribution in [3.8, 4) is 11.5 Å². The first-order valence-electron chi connectivity index (χ1n) is 6.96. The molecule has 0 heterocycles. The Morgan fingerprint density at radius 2 is 1.19 bits per heavy atom. The molecule has 2 nitrogen and oxygen atoms in total. The molecule has 0 unspecified atom stereocenters. The first kappa shape index (κ1) is 16.9. The summed E-state index contributed by atoms with van der Waals surface area (Å²) in [5, 5.41) is 0. The van der Waals surface area contributed by atoms with Gasteiger partial charge < -0.3 is 9.47 Å². The van der Waals surface area contributed by atoms with Gasteiger partial charge in [0.2, 0.25) is 0 Å². The zero-order chi connectivity index (χ0) is 15.2. The summed E-state index contributed by atoms with van der Waals surface area (Å²) in [6, 6.07) is 12.8. The predicted molar refractivity (Wildman–Crippen MR) is 103 cm³/mol. The van der Waals surface area contributed by atoms with Gasteiger partial charge in [-0.05, 0) is 101 Å². The smallest absolute Gasteiger partial charge is 0.132 e. The minimum atomic E-state index is 0.701. The Morgan fingerprint density at radius 1 is 0.762 bits per heavy atom. The third-order valence-corrected chi connectivity index (χ3v) is 4.69. The molecule has 21 heavy (non-hydrogen) atoms. The predicted octanol–water partition coefficient (Wildman–Crippen LogP) is 5.28. The number of halogens is 2. The Labute approximate surface area is 153 Å². The van der Waals surface area contributed by atoms with Crippen LogP contribution >= 0.6 is 45.2 Å². The second-order valence-corrected chi connectivity index (χ2v) is 6.90. The second kappa shape index (κ2) is 8.22. The quantitative estimate of drug-likeness (QED) is 0.495. The van der Waals surface area contributed by atoms with E-state index in [4.69, 9.17) is 9.47 Å². The van der Waals surface area contributed by atoms with Gasteiger partial charge in [0, 0.05) is 0 Å². The monoisotopic (exact) mass is 508 g/mol. The molecule has 4 heteroatoms. The Morgan fingerprint density at radius 3 is 1.52 bits per heavy atom. The van der Waals surface area contributed by atoms with Crippen LogP contribution in [0.1, 0.15) is 25.0 Å². The van der Waals surface area contributed by atoms with Crippen molar-refractivity contribution < 1.29 is 9.47 Å². The summed E-state index contributed by atoms with van der Waals surface area (Å²) in [7, 11) is 0. The van der Waals surface area contributed by atoms with Crippen LogP contribution in [0.2, 0.25) is 0 Å². The minimum absolute atomic E-state index is 0.701. The highest BCUT2D eigenvalue weighted by atomic mass is 127. The lowest BCUT2D eigenvalue weighted by atomic mass is 10.0. The highest BCUT2D eigenvalue weighted by molar-refractivity contribution is 14.1. The molecule has 0 saturated heterocycles. The standard InChI is InChI=1S/C17H18I2O2/c1-3-20-16-7-5-12(10-14(16)18)9-13-6-8-17(21-4-2)15(19)11-13/h5-8,10-11H,3-4,9H2,1-2H3. The normalized spacial score (nSPS) is 10.5. The molecular weight excluding hydrogens is 490 g/mol. The first-order valence-corrected chi connectivity index (χ1v) is 9.12. The van der Waals surface area contributed by atoms with Gasteiger partial charge in [0.25, 0.3) is 0 Å². The van der Waals surface area contributed by atoms with E-state index in [2.05, 4.69) is 81.6 Å². The zero-order valence-corrected chi connectivity index (χ0v) is 16.5. The molecule has 0 N–H and O–H groups in total. The molecule has 0 fully saturated rings. The largest absolute Gasteiger partial charge is 0.493 e. The molecule has 112 valence electrons. The fourth-order valence-corrected chi connectivity index (χ4v) is 3.56. The summed E-state index contributed by atoms with van der Waals surface area (Å²) < 4.78 is 13.5. The van der Waals surface area contributed by atoms with Crippen molar-refractivity contribution in [1.82, 2.24) is 0 Å². The van der Waals surface area contributed by atoms with Crippen molar-refractivity contribution in [2.45, 2.75) is 20.3 Å². The third kappa shape index (κ3) is 4.74. The Balaban J connectivity index is 2.14. The summed E-state index contributed by atoms with van der Waals surface area (Å²) in [4.78, 5) is 0. The number of hydrogen-bond donors (Lipinski definition) is 0. The maximum absolute atomic E-state index is 5.58. The topological polar surface area (TPSA) is 18.5 Å². The van der Waals surface area contributed by atoms with Crippen LogP contribution in [-0.4, -0.2) is 13.2 Å². The number of rotatable bonds is 6. The van der Waals surface area contributed by atoms with Crippen LogP contribution in [-0.2, 0) is 6.42 Å². The summed E-state index contributed by atoms with van der Waals surface area (Å²) in [5.41, 5.74) is 2.59. The molecule has 2 aromatic rings. The molecule has 0 aromatic heterocycles. The lowest BCUT2D eigenvalue weighted by molar-refractivity contribution is 0.337. The molecule has 0 radical (unpaired) electrons. The maximum Gasteiger partial charge on any atom is 0.132 e. The van der Waals surface area contributed by atoms with E-state index in [1.54, 1.807) is 0 Å². The van der Waals surface area contributed by atoms with Crippen LogP contribution in [0.3, 0.4) is 0 Å². The lowest BCUT2D eigenvalue weighted by Crippen LogP contribution is -1.97.